The van der Waals surface area contributed by atoms with E-state index in [0.717, 1.165) is 31.1 Å². The molecule has 1 fully saturated rings. The van der Waals surface area contributed by atoms with Gasteiger partial charge in [-0.25, -0.2) is 4.79 Å². The van der Waals surface area contributed by atoms with E-state index in [-0.39, 0.29) is 16.8 Å². The van der Waals surface area contributed by atoms with Crippen molar-refractivity contribution in [2.24, 2.45) is 0 Å². The quantitative estimate of drug-likeness (QED) is 0.938. The Morgan fingerprint density at radius 2 is 2.00 bits per heavy atom. The van der Waals surface area contributed by atoms with Crippen molar-refractivity contribution >= 4 is 27.7 Å². The molecule has 106 valence electrons. The van der Waals surface area contributed by atoms with Gasteiger partial charge in [-0.1, -0.05) is 31.0 Å². The molecule has 20 heavy (non-hydrogen) atoms. The molecular formula is C15H16O4S. The van der Waals surface area contributed by atoms with E-state index in [1.807, 2.05) is 12.1 Å². The van der Waals surface area contributed by atoms with Crippen LogP contribution in [-0.4, -0.2) is 20.5 Å². The highest BCUT2D eigenvalue weighted by Crippen LogP contribution is 2.30. The van der Waals surface area contributed by atoms with Crippen LogP contribution in [0.4, 0.5) is 0 Å². The van der Waals surface area contributed by atoms with Crippen molar-refractivity contribution in [3.05, 3.63) is 35.6 Å². The summed E-state index contributed by atoms with van der Waals surface area (Å²) in [6.45, 7) is 0. The monoisotopic (exact) mass is 292 g/mol. The lowest BCUT2D eigenvalue weighted by Crippen LogP contribution is -2.13. The van der Waals surface area contributed by atoms with Crippen LogP contribution < -0.4 is 0 Å². The molecule has 3 rings (SSSR count). The summed E-state index contributed by atoms with van der Waals surface area (Å²) in [7, 11) is -1.03. The summed E-state index contributed by atoms with van der Waals surface area (Å²) in [4.78, 5) is 11.3. The van der Waals surface area contributed by atoms with E-state index in [1.165, 1.54) is 0 Å². The second kappa shape index (κ2) is 5.40. The molecule has 0 saturated heterocycles. The van der Waals surface area contributed by atoms with Crippen molar-refractivity contribution in [2.45, 2.75) is 36.7 Å². The second-order valence-corrected chi connectivity index (χ2v) is 6.86. The molecule has 5 heteroatoms. The predicted molar refractivity (Wildman–Crippen MR) is 77.3 cm³/mol. The van der Waals surface area contributed by atoms with Crippen molar-refractivity contribution in [3.63, 3.8) is 0 Å². The van der Waals surface area contributed by atoms with Gasteiger partial charge < -0.3 is 9.52 Å². The van der Waals surface area contributed by atoms with E-state index < -0.39 is 16.8 Å². The number of hydrogen-bond acceptors (Lipinski definition) is 3. The first-order chi connectivity index (χ1) is 9.66. The van der Waals surface area contributed by atoms with E-state index in [1.54, 1.807) is 12.1 Å². The number of carboxylic acid groups (broad SMARTS) is 1. The summed E-state index contributed by atoms with van der Waals surface area (Å²) in [6, 6.07) is 7.21. The zero-order valence-corrected chi connectivity index (χ0v) is 11.8. The Morgan fingerprint density at radius 1 is 1.30 bits per heavy atom. The van der Waals surface area contributed by atoms with Crippen molar-refractivity contribution in [3.8, 4) is 0 Å². The van der Waals surface area contributed by atoms with Crippen LogP contribution in [0, 0.1) is 0 Å². The predicted octanol–water partition coefficient (Wildman–Crippen LogP) is 3.32. The molecule has 1 N–H and O–H groups in total. The molecule has 0 radical (unpaired) electrons. The summed E-state index contributed by atoms with van der Waals surface area (Å²) >= 11 is 0. The van der Waals surface area contributed by atoms with E-state index in [9.17, 15) is 14.1 Å². The van der Waals surface area contributed by atoms with Crippen LogP contribution in [0.1, 0.15) is 41.8 Å². The Bertz CT molecular complexity index is 668. The molecule has 0 bridgehead atoms. The minimum atomic E-state index is -1.10. The van der Waals surface area contributed by atoms with Gasteiger partial charge in [0.1, 0.15) is 5.58 Å². The van der Waals surface area contributed by atoms with Gasteiger partial charge >= 0.3 is 5.97 Å². The average Bonchev–Trinajstić information content (AvgIpc) is 3.06. The summed E-state index contributed by atoms with van der Waals surface area (Å²) < 4.78 is 17.8. The van der Waals surface area contributed by atoms with Gasteiger partial charge in [-0.05, 0) is 18.9 Å². The third-order valence-corrected chi connectivity index (χ3v) is 5.64. The Labute approximate surface area is 119 Å². The van der Waals surface area contributed by atoms with Gasteiger partial charge in [0.05, 0.1) is 5.75 Å². The van der Waals surface area contributed by atoms with Crippen LogP contribution >= 0.6 is 0 Å². The van der Waals surface area contributed by atoms with Crippen LogP contribution in [0.25, 0.3) is 11.0 Å². The molecule has 1 saturated carbocycles. The van der Waals surface area contributed by atoms with Gasteiger partial charge in [-0.15, -0.1) is 0 Å². The Morgan fingerprint density at radius 3 is 2.70 bits per heavy atom. The summed E-state index contributed by atoms with van der Waals surface area (Å²) in [5.74, 6) is -0.902. The number of hydrogen-bond donors (Lipinski definition) is 1. The average molecular weight is 292 g/mol. The maximum atomic E-state index is 12.4. The normalized spacial score (nSPS) is 17.6. The summed E-state index contributed by atoms with van der Waals surface area (Å²) in [5.41, 5.74) is 1.11. The smallest absolute Gasteiger partial charge is 0.372 e. The standard InChI is InChI=1S/C15H16O4S/c16-15(17)14-12(9-20(18)10-5-1-2-6-10)11-7-3-4-8-13(11)19-14/h3-4,7-8,10H,1-2,5-6,9H2,(H,16,17). The number of aromatic carboxylic acids is 1. The lowest BCUT2D eigenvalue weighted by Gasteiger charge is -2.08. The van der Waals surface area contributed by atoms with Crippen LogP contribution in [0.2, 0.25) is 0 Å². The number of para-hydroxylation sites is 1. The van der Waals surface area contributed by atoms with Crippen molar-refractivity contribution in [1.29, 1.82) is 0 Å². The fourth-order valence-corrected chi connectivity index (χ4v) is 4.49. The molecular weight excluding hydrogens is 276 g/mol. The number of fused-ring (bicyclic) bond motifs is 1. The largest absolute Gasteiger partial charge is 0.475 e. The lowest BCUT2D eigenvalue weighted by atomic mass is 10.1. The van der Waals surface area contributed by atoms with E-state index in [2.05, 4.69) is 0 Å². The number of benzene rings is 1. The molecule has 4 nitrogen and oxygen atoms in total. The maximum absolute atomic E-state index is 12.4. The van der Waals surface area contributed by atoms with Crippen LogP contribution in [0.15, 0.2) is 28.7 Å². The summed E-state index contributed by atoms with van der Waals surface area (Å²) in [6.07, 6.45) is 4.19. The Balaban J connectivity index is 1.98. The minimum Gasteiger partial charge on any atom is -0.475 e. The minimum absolute atomic E-state index is 0.0717. The third-order valence-electron chi connectivity index (χ3n) is 3.85. The highest BCUT2D eigenvalue weighted by atomic mass is 32.2. The van der Waals surface area contributed by atoms with E-state index >= 15 is 0 Å². The topological polar surface area (TPSA) is 67.5 Å². The molecule has 1 aliphatic rings. The number of carboxylic acids is 1. The lowest BCUT2D eigenvalue weighted by molar-refractivity contribution is 0.0664. The number of rotatable bonds is 4. The molecule has 0 aliphatic heterocycles. The van der Waals surface area contributed by atoms with Gasteiger partial charge in [-0.2, -0.15) is 0 Å². The van der Waals surface area contributed by atoms with Crippen LogP contribution in [-0.2, 0) is 16.6 Å². The molecule has 1 aromatic carbocycles. The van der Waals surface area contributed by atoms with Crippen LogP contribution in [0.5, 0.6) is 0 Å². The second-order valence-electron chi connectivity index (χ2n) is 5.14. The highest BCUT2D eigenvalue weighted by Gasteiger charge is 2.26. The van der Waals surface area contributed by atoms with Gasteiger partial charge in [0, 0.05) is 27.0 Å². The Kier molecular flexibility index (Phi) is 3.61. The van der Waals surface area contributed by atoms with Gasteiger partial charge in [-0.3, -0.25) is 4.21 Å². The molecule has 1 heterocycles. The number of furan rings is 1. The molecule has 2 aromatic rings. The highest BCUT2D eigenvalue weighted by molar-refractivity contribution is 7.84. The van der Waals surface area contributed by atoms with Crippen molar-refractivity contribution in [2.75, 3.05) is 0 Å². The maximum Gasteiger partial charge on any atom is 0.372 e. The van der Waals surface area contributed by atoms with Gasteiger partial charge in [0.2, 0.25) is 5.76 Å². The molecule has 1 atom stereocenters. The van der Waals surface area contributed by atoms with Gasteiger partial charge in [0.25, 0.3) is 0 Å². The molecule has 1 aliphatic carbocycles. The van der Waals surface area contributed by atoms with E-state index in [0.29, 0.717) is 11.1 Å². The number of carbonyl (C=O) groups is 1. The van der Waals surface area contributed by atoms with Gasteiger partial charge in [0.15, 0.2) is 0 Å². The fraction of sp³-hybridized carbons (Fsp3) is 0.400. The summed E-state index contributed by atoms with van der Waals surface area (Å²) in [5, 5.41) is 10.2. The molecule has 1 unspecified atom stereocenters. The fourth-order valence-electron chi connectivity index (χ4n) is 2.83. The Hall–Kier alpha value is -1.62. The SMILES string of the molecule is O=C(O)c1oc2ccccc2c1CS(=O)C1CCCC1. The molecule has 0 spiro atoms. The molecule has 0 amide bonds. The first-order valence-electron chi connectivity index (χ1n) is 6.77. The zero-order valence-electron chi connectivity index (χ0n) is 11.0. The van der Waals surface area contributed by atoms with Crippen molar-refractivity contribution < 1.29 is 18.5 Å². The first-order valence-corrected chi connectivity index (χ1v) is 8.16. The molecule has 1 aromatic heterocycles. The van der Waals surface area contributed by atoms with Crippen LogP contribution in [0.3, 0.4) is 0 Å². The zero-order chi connectivity index (χ0) is 14.1. The van der Waals surface area contributed by atoms with Crippen molar-refractivity contribution in [1.82, 2.24) is 0 Å². The van der Waals surface area contributed by atoms with E-state index in [4.69, 9.17) is 4.42 Å². The third kappa shape index (κ3) is 2.38. The first kappa shape index (κ1) is 13.4.